The summed E-state index contributed by atoms with van der Waals surface area (Å²) in [5, 5.41) is 11.3. The highest BCUT2D eigenvalue weighted by atomic mass is 32.2. The number of aromatic nitrogens is 5. The summed E-state index contributed by atoms with van der Waals surface area (Å²) < 4.78 is 0. The van der Waals surface area contributed by atoms with Gasteiger partial charge in [0.2, 0.25) is 5.16 Å². The third-order valence-corrected chi connectivity index (χ3v) is 2.63. The molecule has 0 aliphatic carbocycles. The van der Waals surface area contributed by atoms with Gasteiger partial charge in [-0.05, 0) is 25.6 Å². The van der Waals surface area contributed by atoms with Crippen LogP contribution < -0.4 is 5.32 Å². The maximum absolute atomic E-state index is 4.30. The predicted octanol–water partition coefficient (Wildman–Crippen LogP) is 1.40. The number of anilines is 1. The molecule has 2 aromatic rings. The van der Waals surface area contributed by atoms with E-state index in [4.69, 9.17) is 0 Å². The summed E-state index contributed by atoms with van der Waals surface area (Å²) in [7, 11) is 1.83. The highest BCUT2D eigenvalue weighted by Gasteiger charge is 2.06. The van der Waals surface area contributed by atoms with Gasteiger partial charge in [-0.15, -0.1) is 5.10 Å². The van der Waals surface area contributed by atoms with Gasteiger partial charge in [-0.3, -0.25) is 5.10 Å². The smallest absolute Gasteiger partial charge is 0.214 e. The molecule has 2 rings (SSSR count). The van der Waals surface area contributed by atoms with Crippen LogP contribution in [0, 0.1) is 13.8 Å². The summed E-state index contributed by atoms with van der Waals surface area (Å²) >= 11 is 1.41. The van der Waals surface area contributed by atoms with Gasteiger partial charge in [0.05, 0.1) is 0 Å². The molecule has 2 aromatic heterocycles. The predicted molar refractivity (Wildman–Crippen MR) is 61.6 cm³/mol. The van der Waals surface area contributed by atoms with Gasteiger partial charge in [-0.2, -0.15) is 0 Å². The Morgan fingerprint density at radius 2 is 2.06 bits per heavy atom. The van der Waals surface area contributed by atoms with Gasteiger partial charge >= 0.3 is 0 Å². The number of nitrogens with zero attached hydrogens (tertiary/aromatic N) is 4. The van der Waals surface area contributed by atoms with E-state index in [0.29, 0.717) is 5.16 Å². The molecule has 0 unspecified atom stereocenters. The van der Waals surface area contributed by atoms with Gasteiger partial charge in [-0.1, -0.05) is 0 Å². The van der Waals surface area contributed by atoms with Crippen molar-refractivity contribution >= 4 is 17.6 Å². The van der Waals surface area contributed by atoms with Gasteiger partial charge in [0.1, 0.15) is 22.5 Å². The molecule has 6 nitrogen and oxygen atoms in total. The Balaban J connectivity index is 2.24. The quantitative estimate of drug-likeness (QED) is 0.784. The number of hydrogen-bond donors (Lipinski definition) is 2. The Hall–Kier alpha value is -1.63. The second-order valence-electron chi connectivity index (χ2n) is 3.19. The van der Waals surface area contributed by atoms with E-state index in [1.54, 1.807) is 0 Å². The Morgan fingerprint density at radius 3 is 2.69 bits per heavy atom. The maximum atomic E-state index is 4.30. The van der Waals surface area contributed by atoms with Crippen molar-refractivity contribution in [1.29, 1.82) is 0 Å². The number of aryl methyl sites for hydroxylation is 2. The number of H-pyrrole nitrogens is 1. The summed E-state index contributed by atoms with van der Waals surface area (Å²) in [6.45, 7) is 3.72. The van der Waals surface area contributed by atoms with Crippen LogP contribution in [-0.2, 0) is 0 Å². The fourth-order valence-corrected chi connectivity index (χ4v) is 1.99. The Kier molecular flexibility index (Phi) is 3.04. The minimum Gasteiger partial charge on any atom is -0.373 e. The van der Waals surface area contributed by atoms with Crippen molar-refractivity contribution in [1.82, 2.24) is 25.1 Å². The van der Waals surface area contributed by atoms with Crippen molar-refractivity contribution in [2.24, 2.45) is 0 Å². The lowest BCUT2D eigenvalue weighted by Crippen LogP contribution is -1.97. The Labute approximate surface area is 97.3 Å². The maximum Gasteiger partial charge on any atom is 0.214 e. The van der Waals surface area contributed by atoms with E-state index in [-0.39, 0.29) is 0 Å². The first kappa shape index (κ1) is 10.9. The van der Waals surface area contributed by atoms with Crippen LogP contribution in [0.4, 0.5) is 5.82 Å². The zero-order valence-electron chi connectivity index (χ0n) is 9.27. The van der Waals surface area contributed by atoms with Gasteiger partial charge in [0.25, 0.3) is 0 Å². The van der Waals surface area contributed by atoms with Crippen molar-refractivity contribution in [2.75, 3.05) is 12.4 Å². The second kappa shape index (κ2) is 4.48. The number of nitrogens with one attached hydrogen (secondary N) is 2. The zero-order chi connectivity index (χ0) is 11.5. The molecule has 0 saturated heterocycles. The second-order valence-corrected chi connectivity index (χ2v) is 4.18. The largest absolute Gasteiger partial charge is 0.373 e. The van der Waals surface area contributed by atoms with Crippen molar-refractivity contribution in [3.63, 3.8) is 0 Å². The third-order valence-electron chi connectivity index (χ3n) is 1.84. The SMILES string of the molecule is CNc1cc(Sc2n[nH]c(C)n2)nc(C)n1. The van der Waals surface area contributed by atoms with E-state index in [1.165, 1.54) is 11.8 Å². The summed E-state index contributed by atoms with van der Waals surface area (Å²) in [6.07, 6.45) is 0. The van der Waals surface area contributed by atoms with Crippen LogP contribution in [0.1, 0.15) is 11.6 Å². The highest BCUT2D eigenvalue weighted by Crippen LogP contribution is 2.23. The van der Waals surface area contributed by atoms with Crippen molar-refractivity contribution < 1.29 is 0 Å². The zero-order valence-corrected chi connectivity index (χ0v) is 10.1. The lowest BCUT2D eigenvalue weighted by Gasteiger charge is -2.02. The van der Waals surface area contributed by atoms with Crippen LogP contribution in [0.15, 0.2) is 16.2 Å². The molecule has 0 aliphatic rings. The molecule has 16 heavy (non-hydrogen) atoms. The summed E-state index contributed by atoms with van der Waals surface area (Å²) in [4.78, 5) is 12.7. The molecular formula is C9H12N6S. The molecular weight excluding hydrogens is 224 g/mol. The molecule has 7 heteroatoms. The minimum atomic E-state index is 0.664. The molecule has 0 spiro atoms. The first-order valence-electron chi connectivity index (χ1n) is 4.77. The van der Waals surface area contributed by atoms with Crippen molar-refractivity contribution in [2.45, 2.75) is 24.0 Å². The topological polar surface area (TPSA) is 79.4 Å². The molecule has 2 heterocycles. The molecule has 0 aliphatic heterocycles. The van der Waals surface area contributed by atoms with E-state index < -0.39 is 0 Å². The number of rotatable bonds is 3. The molecule has 0 aromatic carbocycles. The van der Waals surface area contributed by atoms with Crippen LogP contribution in [0.2, 0.25) is 0 Å². The molecule has 2 N–H and O–H groups in total. The van der Waals surface area contributed by atoms with Gasteiger partial charge < -0.3 is 5.32 Å². The summed E-state index contributed by atoms with van der Waals surface area (Å²) in [5.41, 5.74) is 0. The summed E-state index contributed by atoms with van der Waals surface area (Å²) in [6, 6.07) is 1.86. The molecule has 0 amide bonds. The normalized spacial score (nSPS) is 10.4. The monoisotopic (exact) mass is 236 g/mol. The molecule has 0 atom stereocenters. The molecule has 0 radical (unpaired) electrons. The van der Waals surface area contributed by atoms with Crippen LogP contribution in [-0.4, -0.2) is 32.2 Å². The Morgan fingerprint density at radius 1 is 1.25 bits per heavy atom. The molecule has 0 fully saturated rings. The molecule has 0 saturated carbocycles. The van der Waals surface area contributed by atoms with Crippen LogP contribution in [0.3, 0.4) is 0 Å². The fourth-order valence-electron chi connectivity index (χ4n) is 1.18. The first-order chi connectivity index (χ1) is 7.67. The lowest BCUT2D eigenvalue weighted by molar-refractivity contribution is 0.943. The van der Waals surface area contributed by atoms with Crippen LogP contribution in [0.5, 0.6) is 0 Å². The molecule has 0 bridgehead atoms. The van der Waals surface area contributed by atoms with E-state index >= 15 is 0 Å². The Bertz CT molecular complexity index is 494. The average molecular weight is 236 g/mol. The third kappa shape index (κ3) is 2.48. The number of hydrogen-bond acceptors (Lipinski definition) is 6. The fraction of sp³-hybridized carbons (Fsp3) is 0.333. The standard InChI is InChI=1S/C9H12N6S/c1-5-11-7(10-3)4-8(12-5)16-9-13-6(2)14-15-9/h4H,1-3H3,(H,10,11,12)(H,13,14,15). The van der Waals surface area contributed by atoms with Gasteiger partial charge in [0.15, 0.2) is 0 Å². The first-order valence-corrected chi connectivity index (χ1v) is 5.59. The average Bonchev–Trinajstić information content (AvgIpc) is 2.63. The number of aromatic amines is 1. The van der Waals surface area contributed by atoms with Crippen LogP contribution in [0.25, 0.3) is 0 Å². The van der Waals surface area contributed by atoms with Crippen molar-refractivity contribution in [3.8, 4) is 0 Å². The van der Waals surface area contributed by atoms with Gasteiger partial charge in [-0.25, -0.2) is 15.0 Å². The van der Waals surface area contributed by atoms with Crippen molar-refractivity contribution in [3.05, 3.63) is 17.7 Å². The van der Waals surface area contributed by atoms with E-state index in [9.17, 15) is 0 Å². The van der Waals surface area contributed by atoms with E-state index in [2.05, 4.69) is 30.5 Å². The van der Waals surface area contributed by atoms with E-state index in [1.807, 2.05) is 27.0 Å². The molecule has 84 valence electrons. The van der Waals surface area contributed by atoms with E-state index in [0.717, 1.165) is 22.5 Å². The van der Waals surface area contributed by atoms with Gasteiger partial charge in [0, 0.05) is 13.1 Å². The minimum absolute atomic E-state index is 0.664. The summed E-state index contributed by atoms with van der Waals surface area (Å²) in [5.74, 6) is 2.31. The highest BCUT2D eigenvalue weighted by molar-refractivity contribution is 7.99. The lowest BCUT2D eigenvalue weighted by atomic mass is 10.5. The van der Waals surface area contributed by atoms with Crippen LogP contribution >= 0.6 is 11.8 Å².